The lowest BCUT2D eigenvalue weighted by Crippen LogP contribution is -2.70. The van der Waals surface area contributed by atoms with Gasteiger partial charge in [-0.3, -0.25) is 0 Å². The molecule has 0 bridgehead atoms. The molecule has 2 unspecified atom stereocenters. The normalized spacial score (nSPS) is 16.6. The van der Waals surface area contributed by atoms with Crippen LogP contribution in [-0.4, -0.2) is 48.0 Å². The highest BCUT2D eigenvalue weighted by Gasteiger charge is 2.90. The fourth-order valence-corrected chi connectivity index (χ4v) is 3.67. The fourth-order valence-electron chi connectivity index (χ4n) is 3.67. The first-order valence-electron chi connectivity index (χ1n) is 10.4. The molecule has 0 amide bonds. The number of rotatable bonds is 10. The quantitative estimate of drug-likeness (QED) is 0.294. The molecule has 38 heavy (non-hydrogen) atoms. The lowest BCUT2D eigenvalue weighted by molar-refractivity contribution is -0.441. The SMILES string of the molecule is COc1cccc(C(O)(CC(F)(F)C(F)(F)C(F)(F)C(F)(F)C(F)(F)C(F)(F)F)C(C)c2ccccc2)c1. The van der Waals surface area contributed by atoms with Gasteiger partial charge in [0, 0.05) is 5.92 Å². The van der Waals surface area contributed by atoms with Gasteiger partial charge in [-0.1, -0.05) is 49.4 Å². The van der Waals surface area contributed by atoms with Crippen molar-refractivity contribution in [2.75, 3.05) is 7.11 Å². The number of hydrogen-bond donors (Lipinski definition) is 1. The van der Waals surface area contributed by atoms with Crippen molar-refractivity contribution in [3.8, 4) is 5.75 Å². The summed E-state index contributed by atoms with van der Waals surface area (Å²) in [5.41, 5.74) is -4.02. The van der Waals surface area contributed by atoms with Crippen LogP contribution in [-0.2, 0) is 5.60 Å². The van der Waals surface area contributed by atoms with Crippen molar-refractivity contribution in [2.45, 2.75) is 60.7 Å². The van der Waals surface area contributed by atoms with E-state index in [2.05, 4.69) is 0 Å². The summed E-state index contributed by atoms with van der Waals surface area (Å²) in [7, 11) is 1.07. The molecular weight excluding hydrogens is 555 g/mol. The minimum atomic E-state index is -8.02. The van der Waals surface area contributed by atoms with Gasteiger partial charge in [-0.05, 0) is 23.3 Å². The van der Waals surface area contributed by atoms with Crippen molar-refractivity contribution < 1.29 is 66.9 Å². The van der Waals surface area contributed by atoms with Gasteiger partial charge in [-0.15, -0.1) is 0 Å². The van der Waals surface area contributed by atoms with Crippen LogP contribution in [0, 0.1) is 0 Å². The highest BCUT2D eigenvalue weighted by Crippen LogP contribution is 2.62. The Hall–Kier alpha value is -2.71. The summed E-state index contributed by atoms with van der Waals surface area (Å²) in [5, 5.41) is 11.3. The van der Waals surface area contributed by atoms with Crippen LogP contribution in [0.5, 0.6) is 5.75 Å². The average molecular weight is 574 g/mol. The van der Waals surface area contributed by atoms with Gasteiger partial charge in [0.1, 0.15) is 11.4 Å². The molecule has 2 aromatic rings. The van der Waals surface area contributed by atoms with Gasteiger partial charge in [0.2, 0.25) is 0 Å². The molecule has 1 N–H and O–H groups in total. The Morgan fingerprint density at radius 3 is 1.66 bits per heavy atom. The third-order valence-electron chi connectivity index (χ3n) is 6.08. The molecule has 0 heterocycles. The number of ether oxygens (including phenoxy) is 1. The summed E-state index contributed by atoms with van der Waals surface area (Å²) >= 11 is 0. The molecule has 2 rings (SSSR count). The van der Waals surface area contributed by atoms with E-state index in [1.807, 2.05) is 0 Å². The summed E-state index contributed by atoms with van der Waals surface area (Å²) in [6.45, 7) is 0.980. The number of halogens is 13. The van der Waals surface area contributed by atoms with E-state index in [9.17, 15) is 62.2 Å². The van der Waals surface area contributed by atoms with E-state index in [1.165, 1.54) is 36.4 Å². The summed E-state index contributed by atoms with van der Waals surface area (Å²) in [6.07, 6.45) is -10.3. The van der Waals surface area contributed by atoms with Crippen LogP contribution >= 0.6 is 0 Å². The van der Waals surface area contributed by atoms with Gasteiger partial charge in [0.15, 0.2) is 0 Å². The predicted molar refractivity (Wildman–Crippen MR) is 107 cm³/mol. The maximum atomic E-state index is 14.9. The van der Waals surface area contributed by atoms with Gasteiger partial charge in [0.25, 0.3) is 0 Å². The van der Waals surface area contributed by atoms with Crippen LogP contribution in [0.4, 0.5) is 57.1 Å². The molecule has 0 saturated heterocycles. The number of methoxy groups -OCH3 is 1. The zero-order valence-corrected chi connectivity index (χ0v) is 19.2. The molecule has 0 aliphatic heterocycles. The Labute approximate surface area is 207 Å². The molecule has 2 nitrogen and oxygen atoms in total. The highest BCUT2D eigenvalue weighted by atomic mass is 19.4. The molecule has 0 aliphatic carbocycles. The van der Waals surface area contributed by atoms with Crippen molar-refractivity contribution in [2.24, 2.45) is 0 Å². The average Bonchev–Trinajstić information content (AvgIpc) is 2.82. The van der Waals surface area contributed by atoms with Crippen molar-refractivity contribution in [1.29, 1.82) is 0 Å². The van der Waals surface area contributed by atoms with Gasteiger partial charge in [0.05, 0.1) is 13.5 Å². The van der Waals surface area contributed by atoms with Crippen LogP contribution in [0.1, 0.15) is 30.4 Å². The molecule has 0 spiro atoms. The first-order valence-corrected chi connectivity index (χ1v) is 10.4. The number of hydrogen-bond acceptors (Lipinski definition) is 2. The summed E-state index contributed by atoms with van der Waals surface area (Å²) < 4.78 is 182. The van der Waals surface area contributed by atoms with Crippen molar-refractivity contribution in [3.63, 3.8) is 0 Å². The molecule has 0 saturated carbocycles. The summed E-state index contributed by atoms with van der Waals surface area (Å²) in [6, 6.07) is 10.5. The van der Waals surface area contributed by atoms with E-state index >= 15 is 0 Å². The second kappa shape index (κ2) is 9.79. The first kappa shape index (κ1) is 31.5. The molecule has 214 valence electrons. The lowest BCUT2D eigenvalue weighted by Gasteiger charge is -2.43. The zero-order chi connectivity index (χ0) is 29.6. The second-order valence-electron chi connectivity index (χ2n) is 8.47. The third-order valence-corrected chi connectivity index (χ3v) is 6.08. The van der Waals surface area contributed by atoms with Crippen molar-refractivity contribution >= 4 is 0 Å². The fraction of sp³-hybridized carbons (Fsp3) is 0.478. The molecule has 0 aromatic heterocycles. The molecule has 0 radical (unpaired) electrons. The zero-order valence-electron chi connectivity index (χ0n) is 19.2. The van der Waals surface area contributed by atoms with Crippen LogP contribution in [0.15, 0.2) is 54.6 Å². The van der Waals surface area contributed by atoms with Crippen molar-refractivity contribution in [1.82, 2.24) is 0 Å². The Balaban J connectivity index is 2.70. The van der Waals surface area contributed by atoms with Crippen LogP contribution in [0.25, 0.3) is 0 Å². The topological polar surface area (TPSA) is 29.5 Å². The summed E-state index contributed by atoms with van der Waals surface area (Å²) in [4.78, 5) is 0. The standard InChI is InChI=1S/C23H19F13O2/c1-13(14-7-4-3-5-8-14)17(37,15-9-6-10-16(11-15)38-2)12-18(24,25)19(26,27)20(28,29)21(30,31)22(32,33)23(34,35)36/h3-11,13,37H,12H2,1-2H3. The Morgan fingerprint density at radius 1 is 0.684 bits per heavy atom. The number of alkyl halides is 13. The van der Waals surface area contributed by atoms with E-state index in [0.717, 1.165) is 32.2 Å². The smallest absolute Gasteiger partial charge is 0.460 e. The summed E-state index contributed by atoms with van der Waals surface area (Å²) in [5.74, 6) is -39.6. The van der Waals surface area contributed by atoms with E-state index in [0.29, 0.717) is 0 Å². The molecule has 2 aromatic carbocycles. The maximum Gasteiger partial charge on any atom is 0.460 e. The number of aliphatic hydroxyl groups is 1. The lowest BCUT2D eigenvalue weighted by atomic mass is 9.73. The maximum absolute atomic E-state index is 14.9. The van der Waals surface area contributed by atoms with Gasteiger partial charge < -0.3 is 9.84 Å². The molecular formula is C23H19F13O2. The van der Waals surface area contributed by atoms with Crippen LogP contribution < -0.4 is 4.74 Å². The predicted octanol–water partition coefficient (Wildman–Crippen LogP) is 7.82. The van der Waals surface area contributed by atoms with E-state index in [1.54, 1.807) is 0 Å². The Bertz CT molecular complexity index is 1100. The molecule has 2 atom stereocenters. The van der Waals surface area contributed by atoms with Crippen LogP contribution in [0.2, 0.25) is 0 Å². The van der Waals surface area contributed by atoms with E-state index in [4.69, 9.17) is 4.74 Å². The first-order chi connectivity index (χ1) is 17.0. The Kier molecular flexibility index (Phi) is 8.12. The minimum absolute atomic E-state index is 0.0439. The van der Waals surface area contributed by atoms with Gasteiger partial charge >= 0.3 is 35.8 Å². The third kappa shape index (κ3) is 4.89. The van der Waals surface area contributed by atoms with Crippen molar-refractivity contribution in [3.05, 3.63) is 65.7 Å². The highest BCUT2D eigenvalue weighted by molar-refractivity contribution is 5.36. The van der Waals surface area contributed by atoms with E-state index < -0.39 is 59.3 Å². The largest absolute Gasteiger partial charge is 0.497 e. The van der Waals surface area contributed by atoms with Gasteiger partial charge in [-0.2, -0.15) is 57.1 Å². The number of benzene rings is 2. The molecule has 0 fully saturated rings. The molecule has 15 heteroatoms. The second-order valence-corrected chi connectivity index (χ2v) is 8.47. The minimum Gasteiger partial charge on any atom is -0.497 e. The Morgan fingerprint density at radius 2 is 1.18 bits per heavy atom. The van der Waals surface area contributed by atoms with Gasteiger partial charge in [-0.25, -0.2) is 0 Å². The van der Waals surface area contributed by atoms with E-state index in [-0.39, 0.29) is 11.3 Å². The van der Waals surface area contributed by atoms with Crippen LogP contribution in [0.3, 0.4) is 0 Å². The molecule has 0 aliphatic rings. The monoisotopic (exact) mass is 574 g/mol.